The Morgan fingerprint density at radius 2 is 1.92 bits per heavy atom. The number of rotatable bonds is 10. The number of carbonyl (C=O) groups is 1. The minimum Gasteiger partial charge on any atom is -0.455 e. The average Bonchev–Trinajstić information content (AvgIpc) is 3.04. The van der Waals surface area contributed by atoms with Crippen LogP contribution in [0.3, 0.4) is 0 Å². The van der Waals surface area contributed by atoms with Crippen molar-refractivity contribution in [3.63, 3.8) is 0 Å². The fourth-order valence-corrected chi connectivity index (χ4v) is 3.50. The third-order valence-electron chi connectivity index (χ3n) is 3.49. The maximum absolute atomic E-state index is 12.2. The van der Waals surface area contributed by atoms with Crippen LogP contribution in [0, 0.1) is 0 Å². The first kappa shape index (κ1) is 20.7. The highest BCUT2D eigenvalue weighted by Crippen LogP contribution is 2.15. The van der Waals surface area contributed by atoms with Crippen LogP contribution in [0.15, 0.2) is 40.8 Å². The van der Waals surface area contributed by atoms with E-state index in [4.69, 9.17) is 20.8 Å². The van der Waals surface area contributed by atoms with Crippen LogP contribution in [0.1, 0.15) is 42.1 Å². The van der Waals surface area contributed by atoms with Gasteiger partial charge in [0, 0.05) is 34.7 Å². The highest BCUT2D eigenvalue weighted by Gasteiger charge is 2.13. The van der Waals surface area contributed by atoms with Crippen molar-refractivity contribution in [2.75, 3.05) is 13.2 Å². The number of furan rings is 1. The van der Waals surface area contributed by atoms with Crippen LogP contribution >= 0.6 is 11.6 Å². The molecule has 0 unspecified atom stereocenters. The molecule has 0 radical (unpaired) electrons. The lowest BCUT2D eigenvalue weighted by atomic mass is 10.2. The summed E-state index contributed by atoms with van der Waals surface area (Å²) in [6.07, 6.45) is 0.926. The fourth-order valence-electron chi connectivity index (χ4n) is 2.23. The van der Waals surface area contributed by atoms with Gasteiger partial charge in [-0.3, -0.25) is 9.00 Å². The Hall–Kier alpha value is -1.63. The number of hydrogen-bond acceptors (Lipinski definition) is 4. The molecule has 142 valence electrons. The van der Waals surface area contributed by atoms with E-state index in [1.165, 1.54) is 0 Å². The zero-order valence-electron chi connectivity index (χ0n) is 15.0. The first-order chi connectivity index (χ1) is 12.4. The molecule has 0 aliphatic rings. The Morgan fingerprint density at radius 1 is 1.19 bits per heavy atom. The largest absolute Gasteiger partial charge is 0.455 e. The standard InChI is InChI=1S/C19H24ClNO4S/c1-14(2)24-11-3-10-21-19(22)18-9-8-17(25-18)13-26(23)12-15-4-6-16(20)7-5-15/h4-9,14H,3,10-13H2,1-2H3,(H,21,22)/t26-/m0/s1. The average molecular weight is 398 g/mol. The third kappa shape index (κ3) is 7.32. The lowest BCUT2D eigenvalue weighted by Gasteiger charge is -2.07. The molecule has 0 aliphatic heterocycles. The van der Waals surface area contributed by atoms with Gasteiger partial charge in [0.05, 0.1) is 11.9 Å². The van der Waals surface area contributed by atoms with Crippen LogP contribution in [-0.4, -0.2) is 29.4 Å². The van der Waals surface area contributed by atoms with Crippen LogP contribution < -0.4 is 5.32 Å². The quantitative estimate of drug-likeness (QED) is 0.617. The summed E-state index contributed by atoms with van der Waals surface area (Å²) in [5, 5.41) is 3.43. The van der Waals surface area contributed by atoms with E-state index in [0.717, 1.165) is 12.0 Å². The Morgan fingerprint density at radius 3 is 2.62 bits per heavy atom. The maximum atomic E-state index is 12.2. The van der Waals surface area contributed by atoms with E-state index >= 15 is 0 Å². The summed E-state index contributed by atoms with van der Waals surface area (Å²) in [5.74, 6) is 1.16. The van der Waals surface area contributed by atoms with Gasteiger partial charge in [-0.05, 0) is 50.1 Å². The van der Waals surface area contributed by atoms with Crippen molar-refractivity contribution in [1.29, 1.82) is 0 Å². The second-order valence-corrected chi connectivity index (χ2v) is 8.04. The molecule has 0 bridgehead atoms. The molecule has 0 aliphatic carbocycles. The molecule has 1 amide bonds. The molecule has 2 aromatic rings. The number of benzene rings is 1. The van der Waals surface area contributed by atoms with Gasteiger partial charge in [0.2, 0.25) is 0 Å². The van der Waals surface area contributed by atoms with Crippen LogP contribution in [0.2, 0.25) is 5.02 Å². The number of halogens is 1. The van der Waals surface area contributed by atoms with Crippen LogP contribution in [-0.2, 0) is 27.0 Å². The second-order valence-electron chi connectivity index (χ2n) is 6.15. The minimum absolute atomic E-state index is 0.187. The molecular weight excluding hydrogens is 374 g/mol. The number of nitrogens with one attached hydrogen (secondary N) is 1. The van der Waals surface area contributed by atoms with E-state index in [9.17, 15) is 9.00 Å². The summed E-state index contributed by atoms with van der Waals surface area (Å²) in [7, 11) is -1.13. The Labute approximate surface area is 161 Å². The van der Waals surface area contributed by atoms with Gasteiger partial charge < -0.3 is 14.5 Å². The van der Waals surface area contributed by atoms with E-state index in [0.29, 0.717) is 29.7 Å². The van der Waals surface area contributed by atoms with E-state index in [2.05, 4.69) is 5.32 Å². The van der Waals surface area contributed by atoms with Crippen molar-refractivity contribution >= 4 is 28.3 Å². The molecule has 5 nitrogen and oxygen atoms in total. The van der Waals surface area contributed by atoms with Gasteiger partial charge in [-0.1, -0.05) is 23.7 Å². The molecule has 0 spiro atoms. The van der Waals surface area contributed by atoms with Crippen molar-refractivity contribution in [1.82, 2.24) is 5.32 Å². The summed E-state index contributed by atoms with van der Waals surface area (Å²) in [6, 6.07) is 10.5. The van der Waals surface area contributed by atoms with E-state index in [-0.39, 0.29) is 23.5 Å². The molecule has 1 atom stereocenters. The topological polar surface area (TPSA) is 68.5 Å². The first-order valence-corrected chi connectivity index (χ1v) is 10.4. The smallest absolute Gasteiger partial charge is 0.286 e. The van der Waals surface area contributed by atoms with Crippen molar-refractivity contribution in [2.24, 2.45) is 0 Å². The fraction of sp³-hybridized carbons (Fsp3) is 0.421. The van der Waals surface area contributed by atoms with Crippen molar-refractivity contribution < 1.29 is 18.2 Å². The highest BCUT2D eigenvalue weighted by atomic mass is 35.5. The number of carbonyl (C=O) groups excluding carboxylic acids is 1. The molecule has 26 heavy (non-hydrogen) atoms. The predicted molar refractivity (Wildman–Crippen MR) is 104 cm³/mol. The highest BCUT2D eigenvalue weighted by molar-refractivity contribution is 7.83. The second kappa shape index (κ2) is 10.5. The molecule has 1 heterocycles. The molecule has 7 heteroatoms. The van der Waals surface area contributed by atoms with Crippen LogP contribution in [0.5, 0.6) is 0 Å². The van der Waals surface area contributed by atoms with Gasteiger partial charge >= 0.3 is 0 Å². The monoisotopic (exact) mass is 397 g/mol. The molecule has 1 aromatic carbocycles. The summed E-state index contributed by atoms with van der Waals surface area (Å²) >= 11 is 5.84. The lowest BCUT2D eigenvalue weighted by Crippen LogP contribution is -2.25. The van der Waals surface area contributed by atoms with Gasteiger partial charge in [0.25, 0.3) is 5.91 Å². The Kier molecular flexibility index (Phi) is 8.35. The van der Waals surface area contributed by atoms with Gasteiger partial charge in [-0.2, -0.15) is 0 Å². The van der Waals surface area contributed by atoms with E-state index < -0.39 is 10.8 Å². The molecular formula is C19H24ClNO4S. The first-order valence-electron chi connectivity index (χ1n) is 8.52. The normalized spacial score (nSPS) is 12.3. The number of ether oxygens (including phenoxy) is 1. The molecule has 1 aromatic heterocycles. The van der Waals surface area contributed by atoms with Gasteiger partial charge in [0.15, 0.2) is 5.76 Å². The van der Waals surface area contributed by atoms with E-state index in [1.54, 1.807) is 24.3 Å². The summed E-state index contributed by atoms with van der Waals surface area (Å²) in [5.41, 5.74) is 0.945. The molecule has 0 saturated carbocycles. The van der Waals surface area contributed by atoms with Crippen molar-refractivity contribution in [3.8, 4) is 0 Å². The maximum Gasteiger partial charge on any atom is 0.286 e. The lowest BCUT2D eigenvalue weighted by molar-refractivity contribution is 0.0753. The minimum atomic E-state index is -1.13. The predicted octanol–water partition coefficient (Wildman–Crippen LogP) is 3.93. The molecule has 1 N–H and O–H groups in total. The Bertz CT molecular complexity index is 727. The number of amides is 1. The number of hydrogen-bond donors (Lipinski definition) is 1. The zero-order valence-corrected chi connectivity index (χ0v) is 16.6. The SMILES string of the molecule is CC(C)OCCCNC(=O)c1ccc(C[S@@](=O)Cc2ccc(Cl)cc2)o1. The third-order valence-corrected chi connectivity index (χ3v) is 5.00. The van der Waals surface area contributed by atoms with Crippen molar-refractivity contribution in [2.45, 2.75) is 37.9 Å². The van der Waals surface area contributed by atoms with Crippen molar-refractivity contribution in [3.05, 3.63) is 58.5 Å². The zero-order chi connectivity index (χ0) is 18.9. The van der Waals surface area contributed by atoms with Crippen LogP contribution in [0.4, 0.5) is 0 Å². The molecule has 2 rings (SSSR count). The van der Waals surface area contributed by atoms with Gasteiger partial charge in [-0.15, -0.1) is 0 Å². The molecule has 0 saturated heterocycles. The summed E-state index contributed by atoms with van der Waals surface area (Å²) < 4.78 is 23.2. The summed E-state index contributed by atoms with van der Waals surface area (Å²) in [4.78, 5) is 12.0. The summed E-state index contributed by atoms with van der Waals surface area (Å²) in [6.45, 7) is 5.06. The van der Waals surface area contributed by atoms with Gasteiger partial charge in [-0.25, -0.2) is 0 Å². The molecule has 0 fully saturated rings. The Balaban J connectivity index is 1.76. The van der Waals surface area contributed by atoms with Crippen LogP contribution in [0.25, 0.3) is 0 Å². The van der Waals surface area contributed by atoms with Gasteiger partial charge in [0.1, 0.15) is 5.76 Å². The van der Waals surface area contributed by atoms with E-state index in [1.807, 2.05) is 26.0 Å².